The molecule has 0 amide bonds. The molecule has 0 aliphatic rings. The summed E-state index contributed by atoms with van der Waals surface area (Å²) < 4.78 is 10.4. The number of nitrogens with zero attached hydrogens (tertiary/aromatic N) is 1. The van der Waals surface area contributed by atoms with E-state index in [-0.39, 0.29) is 11.4 Å². The van der Waals surface area contributed by atoms with Crippen molar-refractivity contribution in [1.29, 1.82) is 0 Å². The van der Waals surface area contributed by atoms with Crippen molar-refractivity contribution < 1.29 is 19.1 Å². The Bertz CT molecular complexity index is 466. The molecule has 1 heterocycles. The minimum Gasteiger partial charge on any atom is -0.491 e. The third-order valence-corrected chi connectivity index (χ3v) is 2.34. The van der Waals surface area contributed by atoms with Crippen LogP contribution >= 0.6 is 0 Å². The zero-order chi connectivity index (χ0) is 13.5. The average Bonchev–Trinajstić information content (AvgIpc) is 2.39. The standard InChI is InChI=1S/C12H17NO5/c1-4-5-8-18-13-9(12(15)17-3)6-7-10(16-2)11(13)14/h6-7H,4-5,8H2,1-3H3. The first-order valence-electron chi connectivity index (χ1n) is 5.67. The van der Waals surface area contributed by atoms with E-state index in [1.807, 2.05) is 6.92 Å². The molecule has 0 saturated heterocycles. The first-order valence-corrected chi connectivity index (χ1v) is 5.67. The lowest BCUT2D eigenvalue weighted by atomic mass is 10.3. The monoisotopic (exact) mass is 255 g/mol. The summed E-state index contributed by atoms with van der Waals surface area (Å²) in [5, 5.41) is 0. The van der Waals surface area contributed by atoms with Crippen LogP contribution in [0.25, 0.3) is 0 Å². The number of carbonyl (C=O) groups is 1. The third kappa shape index (κ3) is 3.03. The molecule has 0 aliphatic heterocycles. The number of rotatable bonds is 6. The first-order chi connectivity index (χ1) is 8.65. The van der Waals surface area contributed by atoms with Crippen molar-refractivity contribution in [3.05, 3.63) is 28.2 Å². The van der Waals surface area contributed by atoms with E-state index in [2.05, 4.69) is 4.74 Å². The molecule has 6 nitrogen and oxygen atoms in total. The Kier molecular flexibility index (Phi) is 5.23. The molecule has 1 rings (SSSR count). The Balaban J connectivity index is 3.14. The van der Waals surface area contributed by atoms with Gasteiger partial charge in [0.2, 0.25) is 0 Å². The van der Waals surface area contributed by atoms with Crippen molar-refractivity contribution in [2.45, 2.75) is 19.8 Å². The van der Waals surface area contributed by atoms with Crippen molar-refractivity contribution in [3.8, 4) is 5.75 Å². The SMILES string of the molecule is CCCCOn1c(C(=O)OC)ccc(OC)c1=O. The fourth-order valence-electron chi connectivity index (χ4n) is 1.34. The molecule has 0 unspecified atom stereocenters. The third-order valence-electron chi connectivity index (χ3n) is 2.34. The Morgan fingerprint density at radius 1 is 1.33 bits per heavy atom. The second kappa shape index (κ2) is 6.68. The number of hydrogen-bond donors (Lipinski definition) is 0. The fraction of sp³-hybridized carbons (Fsp3) is 0.500. The summed E-state index contributed by atoms with van der Waals surface area (Å²) in [7, 11) is 2.62. The lowest BCUT2D eigenvalue weighted by Crippen LogP contribution is -2.33. The number of esters is 1. The molecule has 0 N–H and O–H groups in total. The van der Waals surface area contributed by atoms with Gasteiger partial charge in [-0.1, -0.05) is 13.3 Å². The highest BCUT2D eigenvalue weighted by Crippen LogP contribution is 2.06. The van der Waals surface area contributed by atoms with E-state index in [1.54, 1.807) is 0 Å². The van der Waals surface area contributed by atoms with Gasteiger partial charge in [-0.2, -0.15) is 0 Å². The van der Waals surface area contributed by atoms with Crippen molar-refractivity contribution in [2.24, 2.45) is 0 Å². The van der Waals surface area contributed by atoms with Crippen LogP contribution in [0, 0.1) is 0 Å². The Labute approximate surface area is 105 Å². The minimum atomic E-state index is -0.633. The summed E-state index contributed by atoms with van der Waals surface area (Å²) in [4.78, 5) is 28.8. The molecule has 0 saturated carbocycles. The van der Waals surface area contributed by atoms with Gasteiger partial charge in [-0.15, -0.1) is 4.73 Å². The number of carbonyl (C=O) groups excluding carboxylic acids is 1. The maximum Gasteiger partial charge on any atom is 0.358 e. The average molecular weight is 255 g/mol. The molecule has 0 aromatic carbocycles. The smallest absolute Gasteiger partial charge is 0.358 e. The van der Waals surface area contributed by atoms with Gasteiger partial charge in [0.25, 0.3) is 0 Å². The van der Waals surface area contributed by atoms with E-state index >= 15 is 0 Å². The summed E-state index contributed by atoms with van der Waals surface area (Å²) in [5.41, 5.74) is -0.476. The fourth-order valence-corrected chi connectivity index (χ4v) is 1.34. The lowest BCUT2D eigenvalue weighted by molar-refractivity contribution is 0.0479. The molecule has 18 heavy (non-hydrogen) atoms. The molecule has 100 valence electrons. The van der Waals surface area contributed by atoms with Gasteiger partial charge in [-0.25, -0.2) is 4.79 Å². The highest BCUT2D eigenvalue weighted by molar-refractivity contribution is 5.87. The molecule has 0 atom stereocenters. The zero-order valence-electron chi connectivity index (χ0n) is 10.8. The van der Waals surface area contributed by atoms with Gasteiger partial charge in [-0.3, -0.25) is 4.79 Å². The molecule has 1 aromatic rings. The van der Waals surface area contributed by atoms with Crippen LogP contribution in [-0.2, 0) is 4.74 Å². The molecule has 0 aliphatic carbocycles. The number of ether oxygens (including phenoxy) is 2. The predicted octanol–water partition coefficient (Wildman–Crippen LogP) is 0.872. The second-order valence-electron chi connectivity index (χ2n) is 3.56. The number of methoxy groups -OCH3 is 2. The summed E-state index contributed by atoms with van der Waals surface area (Å²) in [5.74, 6) is -0.523. The number of unbranched alkanes of at least 4 members (excludes halogenated alkanes) is 1. The Morgan fingerprint density at radius 2 is 2.06 bits per heavy atom. The van der Waals surface area contributed by atoms with Crippen molar-refractivity contribution in [3.63, 3.8) is 0 Å². The summed E-state index contributed by atoms with van der Waals surface area (Å²) >= 11 is 0. The van der Waals surface area contributed by atoms with Gasteiger partial charge in [0, 0.05) is 0 Å². The van der Waals surface area contributed by atoms with E-state index < -0.39 is 11.5 Å². The van der Waals surface area contributed by atoms with E-state index in [9.17, 15) is 9.59 Å². The number of pyridine rings is 1. The first kappa shape index (κ1) is 14.1. The van der Waals surface area contributed by atoms with Gasteiger partial charge in [0.15, 0.2) is 11.4 Å². The highest BCUT2D eigenvalue weighted by Gasteiger charge is 2.16. The second-order valence-corrected chi connectivity index (χ2v) is 3.56. The maximum absolute atomic E-state index is 11.9. The van der Waals surface area contributed by atoms with Gasteiger partial charge >= 0.3 is 11.5 Å². The molecule has 0 radical (unpaired) electrons. The van der Waals surface area contributed by atoms with Gasteiger partial charge in [-0.05, 0) is 18.6 Å². The topological polar surface area (TPSA) is 66.8 Å². The maximum atomic E-state index is 11.9. The van der Waals surface area contributed by atoms with Crippen LogP contribution in [0.5, 0.6) is 5.75 Å². The Morgan fingerprint density at radius 3 is 2.61 bits per heavy atom. The van der Waals surface area contributed by atoms with E-state index in [4.69, 9.17) is 9.57 Å². The number of hydrogen-bond acceptors (Lipinski definition) is 5. The van der Waals surface area contributed by atoms with Crippen molar-refractivity contribution in [1.82, 2.24) is 4.73 Å². The molecular weight excluding hydrogens is 238 g/mol. The van der Waals surface area contributed by atoms with E-state index in [0.29, 0.717) is 6.61 Å². The van der Waals surface area contributed by atoms with Crippen LogP contribution < -0.4 is 15.1 Å². The van der Waals surface area contributed by atoms with Crippen LogP contribution in [0.3, 0.4) is 0 Å². The van der Waals surface area contributed by atoms with E-state index in [0.717, 1.165) is 17.6 Å². The van der Waals surface area contributed by atoms with Crippen molar-refractivity contribution >= 4 is 5.97 Å². The molecule has 6 heteroatoms. The van der Waals surface area contributed by atoms with Gasteiger partial charge < -0.3 is 14.3 Å². The van der Waals surface area contributed by atoms with E-state index in [1.165, 1.54) is 26.4 Å². The van der Waals surface area contributed by atoms with Crippen molar-refractivity contribution in [2.75, 3.05) is 20.8 Å². The highest BCUT2D eigenvalue weighted by atomic mass is 16.7. The summed E-state index contributed by atoms with van der Waals surface area (Å²) in [6.07, 6.45) is 1.70. The van der Waals surface area contributed by atoms with Gasteiger partial charge in [0.05, 0.1) is 14.2 Å². The molecule has 1 aromatic heterocycles. The summed E-state index contributed by atoms with van der Waals surface area (Å²) in [6, 6.07) is 2.84. The molecule has 0 spiro atoms. The predicted molar refractivity (Wildman–Crippen MR) is 64.9 cm³/mol. The molecular formula is C12H17NO5. The lowest BCUT2D eigenvalue weighted by Gasteiger charge is -2.13. The quantitative estimate of drug-likeness (QED) is 0.557. The molecule has 0 fully saturated rings. The van der Waals surface area contributed by atoms with Crippen LogP contribution in [0.2, 0.25) is 0 Å². The normalized spacial score (nSPS) is 9.94. The minimum absolute atomic E-state index is 0.0411. The molecule has 0 bridgehead atoms. The van der Waals surface area contributed by atoms with Crippen LogP contribution in [0.15, 0.2) is 16.9 Å². The van der Waals surface area contributed by atoms with Crippen LogP contribution in [0.1, 0.15) is 30.3 Å². The van der Waals surface area contributed by atoms with Crippen LogP contribution in [0.4, 0.5) is 0 Å². The Hall–Kier alpha value is -1.98. The van der Waals surface area contributed by atoms with Crippen LogP contribution in [-0.4, -0.2) is 31.5 Å². The summed E-state index contributed by atoms with van der Waals surface area (Å²) in [6.45, 7) is 2.34. The van der Waals surface area contributed by atoms with Gasteiger partial charge in [0.1, 0.15) is 6.61 Å². The largest absolute Gasteiger partial charge is 0.491 e. The number of aromatic nitrogens is 1. The zero-order valence-corrected chi connectivity index (χ0v) is 10.8.